The van der Waals surface area contributed by atoms with Crippen molar-refractivity contribution in [3.8, 4) is 5.75 Å². The van der Waals surface area contributed by atoms with Gasteiger partial charge in [-0.05, 0) is 18.9 Å². The highest BCUT2D eigenvalue weighted by atomic mass is 35.5. The highest BCUT2D eigenvalue weighted by Crippen LogP contribution is 2.27. The van der Waals surface area contributed by atoms with E-state index in [0.717, 1.165) is 12.5 Å². The van der Waals surface area contributed by atoms with Gasteiger partial charge in [-0.3, -0.25) is 14.9 Å². The van der Waals surface area contributed by atoms with Crippen LogP contribution in [0.15, 0.2) is 18.2 Å². The summed E-state index contributed by atoms with van der Waals surface area (Å²) in [4.78, 5) is 21.4. The Kier molecular flexibility index (Phi) is 5.38. The molecule has 1 aromatic rings. The number of carbonyl (C=O) groups excluding carboxylic acids is 1. The van der Waals surface area contributed by atoms with Crippen molar-refractivity contribution in [2.45, 2.75) is 19.3 Å². The lowest BCUT2D eigenvalue weighted by molar-refractivity contribution is -0.384. The van der Waals surface area contributed by atoms with Gasteiger partial charge in [-0.1, -0.05) is 0 Å². The van der Waals surface area contributed by atoms with Crippen LogP contribution in [-0.4, -0.2) is 21.8 Å². The fraction of sp³-hybridized carbons (Fsp3) is 0.364. The molecule has 0 radical (unpaired) electrons. The van der Waals surface area contributed by atoms with Gasteiger partial charge < -0.3 is 10.4 Å². The number of benzene rings is 1. The minimum absolute atomic E-state index is 0.0417. The number of nitrogens with zero attached hydrogens (tertiary/aromatic N) is 1. The number of nitro benzene ring substituents is 1. The van der Waals surface area contributed by atoms with E-state index in [0.29, 0.717) is 12.3 Å². The first kappa shape index (κ1) is 14.2. The van der Waals surface area contributed by atoms with Gasteiger partial charge in [-0.25, -0.2) is 0 Å². The Balaban J connectivity index is 2.68. The zero-order chi connectivity index (χ0) is 13.5. The van der Waals surface area contributed by atoms with E-state index < -0.39 is 4.92 Å². The molecule has 7 heteroatoms. The predicted octanol–water partition coefficient (Wildman–Crippen LogP) is 2.65. The van der Waals surface area contributed by atoms with E-state index >= 15 is 0 Å². The summed E-state index contributed by atoms with van der Waals surface area (Å²) in [5, 5.41) is 22.5. The quantitative estimate of drug-likeness (QED) is 0.274. The van der Waals surface area contributed by atoms with E-state index in [4.69, 9.17) is 11.6 Å². The van der Waals surface area contributed by atoms with Crippen molar-refractivity contribution >= 4 is 28.9 Å². The number of aromatic hydroxyl groups is 1. The average Bonchev–Trinajstić information content (AvgIpc) is 2.32. The van der Waals surface area contributed by atoms with Gasteiger partial charge in [-0.2, -0.15) is 0 Å². The number of anilines is 1. The lowest BCUT2D eigenvalue weighted by Gasteiger charge is -2.06. The molecule has 0 aromatic heterocycles. The first-order valence-electron chi connectivity index (χ1n) is 5.38. The molecule has 98 valence electrons. The molecule has 1 amide bonds. The van der Waals surface area contributed by atoms with E-state index in [1.54, 1.807) is 0 Å². The lowest BCUT2D eigenvalue weighted by Crippen LogP contribution is -2.11. The van der Waals surface area contributed by atoms with Crippen LogP contribution < -0.4 is 5.32 Å². The zero-order valence-corrected chi connectivity index (χ0v) is 10.3. The monoisotopic (exact) mass is 272 g/mol. The third-order valence-corrected chi connectivity index (χ3v) is 2.52. The van der Waals surface area contributed by atoms with Gasteiger partial charge in [-0.15, -0.1) is 11.6 Å². The number of nitro groups is 1. The number of unbranched alkanes of at least 4 members (excludes halogenated alkanes) is 1. The number of rotatable bonds is 6. The standard InChI is InChI=1S/C11H13ClN2O4/c12-6-2-1-3-11(16)13-9-7-8(14(17)18)4-5-10(9)15/h4-5,7,15H,1-3,6H2,(H,13,16). The second kappa shape index (κ2) is 6.80. The third-order valence-electron chi connectivity index (χ3n) is 2.25. The predicted molar refractivity (Wildman–Crippen MR) is 68.0 cm³/mol. The fourth-order valence-corrected chi connectivity index (χ4v) is 1.52. The molecule has 6 nitrogen and oxygen atoms in total. The minimum Gasteiger partial charge on any atom is -0.506 e. The number of alkyl halides is 1. The van der Waals surface area contributed by atoms with Crippen molar-refractivity contribution in [3.63, 3.8) is 0 Å². The SMILES string of the molecule is O=C(CCCCCl)Nc1cc([N+](=O)[O-])ccc1O. The molecule has 0 unspecified atom stereocenters. The molecule has 0 heterocycles. The van der Waals surface area contributed by atoms with Crippen LogP contribution in [-0.2, 0) is 4.79 Å². The van der Waals surface area contributed by atoms with Crippen LogP contribution in [0.25, 0.3) is 0 Å². The average molecular weight is 273 g/mol. The molecule has 0 aliphatic carbocycles. The fourth-order valence-electron chi connectivity index (χ4n) is 1.33. The van der Waals surface area contributed by atoms with E-state index in [1.165, 1.54) is 12.1 Å². The number of nitrogens with one attached hydrogen (secondary N) is 1. The molecule has 0 fully saturated rings. The number of amides is 1. The summed E-state index contributed by atoms with van der Waals surface area (Å²) < 4.78 is 0. The zero-order valence-electron chi connectivity index (χ0n) is 9.56. The van der Waals surface area contributed by atoms with Crippen LogP contribution >= 0.6 is 11.6 Å². The number of halogens is 1. The van der Waals surface area contributed by atoms with Crippen molar-refractivity contribution in [2.24, 2.45) is 0 Å². The molecule has 0 spiro atoms. The largest absolute Gasteiger partial charge is 0.506 e. The first-order valence-corrected chi connectivity index (χ1v) is 5.91. The molecule has 18 heavy (non-hydrogen) atoms. The molecule has 1 aromatic carbocycles. The Morgan fingerprint density at radius 1 is 1.44 bits per heavy atom. The number of non-ortho nitro benzene ring substituents is 1. The highest BCUT2D eigenvalue weighted by molar-refractivity contribution is 6.17. The molecule has 2 N–H and O–H groups in total. The smallest absolute Gasteiger partial charge is 0.271 e. The summed E-state index contributed by atoms with van der Waals surface area (Å²) in [5.74, 6) is -0.0304. The molecule has 0 aliphatic heterocycles. The second-order valence-electron chi connectivity index (χ2n) is 3.65. The van der Waals surface area contributed by atoms with Crippen LogP contribution in [0, 0.1) is 10.1 Å². The molecule has 0 saturated carbocycles. The Morgan fingerprint density at radius 3 is 2.78 bits per heavy atom. The van der Waals surface area contributed by atoms with Gasteiger partial charge in [0.05, 0.1) is 10.6 Å². The number of hydrogen-bond donors (Lipinski definition) is 2. The van der Waals surface area contributed by atoms with E-state index in [2.05, 4.69) is 5.32 Å². The molecule has 0 saturated heterocycles. The Bertz CT molecular complexity index is 451. The Hall–Kier alpha value is -1.82. The van der Waals surface area contributed by atoms with Crippen LogP contribution in [0.2, 0.25) is 0 Å². The molecular formula is C11H13ClN2O4. The van der Waals surface area contributed by atoms with E-state index in [-0.39, 0.29) is 29.5 Å². The van der Waals surface area contributed by atoms with Crippen molar-refractivity contribution in [1.82, 2.24) is 0 Å². The second-order valence-corrected chi connectivity index (χ2v) is 4.03. The van der Waals surface area contributed by atoms with Gasteiger partial charge in [0.15, 0.2) is 0 Å². The third kappa shape index (κ3) is 4.21. The summed E-state index contributed by atoms with van der Waals surface area (Å²) in [6.45, 7) is 0. The Morgan fingerprint density at radius 2 is 2.17 bits per heavy atom. The number of phenols is 1. The topological polar surface area (TPSA) is 92.5 Å². The first-order chi connectivity index (χ1) is 8.54. The van der Waals surface area contributed by atoms with Crippen LogP contribution in [0.5, 0.6) is 5.75 Å². The van der Waals surface area contributed by atoms with Crippen LogP contribution in [0.4, 0.5) is 11.4 Å². The van der Waals surface area contributed by atoms with Gasteiger partial charge in [0.25, 0.3) is 5.69 Å². The maximum absolute atomic E-state index is 11.5. The van der Waals surface area contributed by atoms with E-state index in [9.17, 15) is 20.0 Å². The number of hydrogen-bond acceptors (Lipinski definition) is 4. The van der Waals surface area contributed by atoms with E-state index in [1.807, 2.05) is 0 Å². The van der Waals surface area contributed by atoms with Gasteiger partial charge in [0.1, 0.15) is 5.75 Å². The normalized spacial score (nSPS) is 10.1. The molecule has 0 aliphatic rings. The summed E-state index contributed by atoms with van der Waals surface area (Å²) in [6.07, 6.45) is 1.61. The maximum Gasteiger partial charge on any atom is 0.271 e. The van der Waals surface area contributed by atoms with Crippen molar-refractivity contribution in [3.05, 3.63) is 28.3 Å². The van der Waals surface area contributed by atoms with Crippen molar-refractivity contribution in [2.75, 3.05) is 11.2 Å². The molecule has 1 rings (SSSR count). The summed E-state index contributed by atoms with van der Waals surface area (Å²) in [6, 6.07) is 3.46. The van der Waals surface area contributed by atoms with Crippen LogP contribution in [0.3, 0.4) is 0 Å². The van der Waals surface area contributed by atoms with Gasteiger partial charge >= 0.3 is 0 Å². The number of carbonyl (C=O) groups is 1. The van der Waals surface area contributed by atoms with Crippen LogP contribution in [0.1, 0.15) is 19.3 Å². The summed E-state index contributed by atoms with van der Waals surface area (Å²) in [7, 11) is 0. The minimum atomic E-state index is -0.595. The Labute approximate surface area is 109 Å². The summed E-state index contributed by atoms with van der Waals surface area (Å²) >= 11 is 5.48. The van der Waals surface area contributed by atoms with Crippen molar-refractivity contribution < 1.29 is 14.8 Å². The van der Waals surface area contributed by atoms with Gasteiger partial charge in [0, 0.05) is 24.4 Å². The van der Waals surface area contributed by atoms with Gasteiger partial charge in [0.2, 0.25) is 5.91 Å². The number of phenolic OH excluding ortho intramolecular Hbond substituents is 1. The van der Waals surface area contributed by atoms with Crippen molar-refractivity contribution in [1.29, 1.82) is 0 Å². The summed E-state index contributed by atoms with van der Waals surface area (Å²) in [5.41, 5.74) is -0.149. The lowest BCUT2D eigenvalue weighted by atomic mass is 10.2. The molecule has 0 atom stereocenters. The molecular weight excluding hydrogens is 260 g/mol. The highest BCUT2D eigenvalue weighted by Gasteiger charge is 2.12. The maximum atomic E-state index is 11.5. The molecule has 0 bridgehead atoms.